The van der Waals surface area contributed by atoms with Crippen molar-refractivity contribution < 1.29 is 14.6 Å². The van der Waals surface area contributed by atoms with Crippen LogP contribution in [0.5, 0.6) is 11.5 Å². The van der Waals surface area contributed by atoms with Gasteiger partial charge < -0.3 is 14.6 Å². The smallest absolute Gasteiger partial charge is 0.166 e. The van der Waals surface area contributed by atoms with E-state index < -0.39 is 6.10 Å². The van der Waals surface area contributed by atoms with Crippen LogP contribution < -0.4 is 9.47 Å². The Kier molecular flexibility index (Phi) is 4.19. The van der Waals surface area contributed by atoms with Crippen LogP contribution in [-0.4, -0.2) is 19.3 Å². The number of rotatable bonds is 4. The molecule has 0 bridgehead atoms. The van der Waals surface area contributed by atoms with Crippen molar-refractivity contribution in [3.8, 4) is 11.5 Å². The molecule has 1 N–H and O–H groups in total. The second-order valence-corrected chi connectivity index (χ2v) is 4.28. The number of aliphatic hydroxyl groups excluding tert-OH is 1. The first-order chi connectivity index (χ1) is 7.51. The standard InChI is InChI=1S/C13H20O3/c1-8(2)12(14)10-6-9(3)7-11(15-4)13(10)16-5/h6-8,12,14H,1-5H3/t12-/m1/s1. The van der Waals surface area contributed by atoms with Crippen LogP contribution in [0.25, 0.3) is 0 Å². The molecule has 1 rings (SSSR count). The zero-order chi connectivity index (χ0) is 12.3. The summed E-state index contributed by atoms with van der Waals surface area (Å²) in [5, 5.41) is 10.1. The first-order valence-corrected chi connectivity index (χ1v) is 5.41. The number of benzene rings is 1. The van der Waals surface area contributed by atoms with Gasteiger partial charge in [0.15, 0.2) is 11.5 Å². The van der Waals surface area contributed by atoms with Crippen molar-refractivity contribution in [1.29, 1.82) is 0 Å². The highest BCUT2D eigenvalue weighted by atomic mass is 16.5. The van der Waals surface area contributed by atoms with Crippen LogP contribution >= 0.6 is 0 Å². The van der Waals surface area contributed by atoms with Gasteiger partial charge in [0, 0.05) is 5.56 Å². The van der Waals surface area contributed by atoms with Crippen molar-refractivity contribution in [2.24, 2.45) is 5.92 Å². The average Bonchev–Trinajstić information content (AvgIpc) is 2.26. The summed E-state index contributed by atoms with van der Waals surface area (Å²) in [6.45, 7) is 5.91. The quantitative estimate of drug-likeness (QED) is 0.854. The minimum atomic E-state index is -0.538. The zero-order valence-corrected chi connectivity index (χ0v) is 10.6. The highest BCUT2D eigenvalue weighted by Crippen LogP contribution is 2.38. The Morgan fingerprint density at radius 1 is 1.12 bits per heavy atom. The van der Waals surface area contributed by atoms with Gasteiger partial charge in [-0.2, -0.15) is 0 Å². The Morgan fingerprint density at radius 2 is 1.75 bits per heavy atom. The predicted molar refractivity (Wildman–Crippen MR) is 64.1 cm³/mol. The number of ether oxygens (including phenoxy) is 2. The van der Waals surface area contributed by atoms with Gasteiger partial charge in [-0.25, -0.2) is 0 Å². The molecule has 0 saturated heterocycles. The van der Waals surface area contributed by atoms with Crippen LogP contribution in [0, 0.1) is 12.8 Å². The molecule has 16 heavy (non-hydrogen) atoms. The minimum Gasteiger partial charge on any atom is -0.493 e. The molecule has 0 spiro atoms. The van der Waals surface area contributed by atoms with E-state index in [9.17, 15) is 5.11 Å². The van der Waals surface area contributed by atoms with Gasteiger partial charge >= 0.3 is 0 Å². The fourth-order valence-corrected chi connectivity index (χ4v) is 1.72. The maximum atomic E-state index is 10.1. The normalized spacial score (nSPS) is 12.7. The number of aryl methyl sites for hydroxylation is 1. The van der Waals surface area contributed by atoms with Gasteiger partial charge in [0.25, 0.3) is 0 Å². The van der Waals surface area contributed by atoms with E-state index in [2.05, 4.69) is 0 Å². The lowest BCUT2D eigenvalue weighted by atomic mass is 9.96. The van der Waals surface area contributed by atoms with Crippen molar-refractivity contribution in [1.82, 2.24) is 0 Å². The average molecular weight is 224 g/mol. The molecular weight excluding hydrogens is 204 g/mol. The Bertz CT molecular complexity index is 358. The van der Waals surface area contributed by atoms with Gasteiger partial charge in [0.1, 0.15) is 0 Å². The Balaban J connectivity index is 3.30. The van der Waals surface area contributed by atoms with E-state index >= 15 is 0 Å². The summed E-state index contributed by atoms with van der Waals surface area (Å²) in [7, 11) is 3.19. The first-order valence-electron chi connectivity index (χ1n) is 5.41. The molecular formula is C13H20O3. The van der Waals surface area contributed by atoms with Crippen LogP contribution in [0.4, 0.5) is 0 Å². The van der Waals surface area contributed by atoms with Crippen molar-refractivity contribution in [3.05, 3.63) is 23.3 Å². The van der Waals surface area contributed by atoms with Gasteiger partial charge in [0.2, 0.25) is 0 Å². The van der Waals surface area contributed by atoms with Gasteiger partial charge in [-0.05, 0) is 30.5 Å². The van der Waals surface area contributed by atoms with Crippen molar-refractivity contribution >= 4 is 0 Å². The largest absolute Gasteiger partial charge is 0.493 e. The van der Waals surface area contributed by atoms with E-state index in [4.69, 9.17) is 9.47 Å². The molecule has 0 amide bonds. The predicted octanol–water partition coefficient (Wildman–Crippen LogP) is 2.70. The third kappa shape index (κ3) is 2.47. The molecule has 0 radical (unpaired) electrons. The van der Waals surface area contributed by atoms with Crippen LogP contribution in [0.1, 0.15) is 31.1 Å². The van der Waals surface area contributed by atoms with Crippen molar-refractivity contribution in [3.63, 3.8) is 0 Å². The van der Waals surface area contributed by atoms with E-state index in [-0.39, 0.29) is 5.92 Å². The van der Waals surface area contributed by atoms with E-state index in [1.165, 1.54) is 0 Å². The van der Waals surface area contributed by atoms with Crippen molar-refractivity contribution in [2.45, 2.75) is 26.9 Å². The fraction of sp³-hybridized carbons (Fsp3) is 0.538. The number of hydrogen-bond donors (Lipinski definition) is 1. The summed E-state index contributed by atoms with van der Waals surface area (Å²) in [5.74, 6) is 1.42. The maximum Gasteiger partial charge on any atom is 0.166 e. The second-order valence-electron chi connectivity index (χ2n) is 4.28. The lowest BCUT2D eigenvalue weighted by Gasteiger charge is -2.20. The van der Waals surface area contributed by atoms with E-state index in [0.717, 1.165) is 11.1 Å². The molecule has 0 aliphatic heterocycles. The number of methoxy groups -OCH3 is 2. The summed E-state index contributed by atoms with van der Waals surface area (Å²) in [6.07, 6.45) is -0.538. The summed E-state index contributed by atoms with van der Waals surface area (Å²) >= 11 is 0. The highest BCUT2D eigenvalue weighted by Gasteiger charge is 2.20. The van der Waals surface area contributed by atoms with Crippen LogP contribution in [0.15, 0.2) is 12.1 Å². The van der Waals surface area contributed by atoms with Gasteiger partial charge in [0.05, 0.1) is 20.3 Å². The highest BCUT2D eigenvalue weighted by molar-refractivity contribution is 5.50. The Morgan fingerprint density at radius 3 is 2.19 bits per heavy atom. The first kappa shape index (κ1) is 12.8. The molecule has 0 fully saturated rings. The lowest BCUT2D eigenvalue weighted by Crippen LogP contribution is -2.08. The summed E-state index contributed by atoms with van der Waals surface area (Å²) in [6, 6.07) is 3.83. The summed E-state index contributed by atoms with van der Waals surface area (Å²) in [4.78, 5) is 0. The minimum absolute atomic E-state index is 0.139. The SMILES string of the molecule is COc1cc(C)cc([C@H](O)C(C)C)c1OC. The van der Waals surface area contributed by atoms with Crippen molar-refractivity contribution in [2.75, 3.05) is 14.2 Å². The summed E-state index contributed by atoms with van der Waals surface area (Å²) < 4.78 is 10.6. The molecule has 0 heterocycles. The topological polar surface area (TPSA) is 38.7 Å². The van der Waals surface area contributed by atoms with Gasteiger partial charge in [-0.3, -0.25) is 0 Å². The molecule has 1 atom stereocenters. The zero-order valence-electron chi connectivity index (χ0n) is 10.6. The third-order valence-corrected chi connectivity index (χ3v) is 2.60. The fourth-order valence-electron chi connectivity index (χ4n) is 1.72. The molecule has 1 aromatic rings. The molecule has 3 heteroatoms. The van der Waals surface area contributed by atoms with Crippen LogP contribution in [-0.2, 0) is 0 Å². The molecule has 0 unspecified atom stereocenters. The Labute approximate surface area is 97.0 Å². The van der Waals surface area contributed by atoms with Gasteiger partial charge in [-0.1, -0.05) is 13.8 Å². The number of aliphatic hydroxyl groups is 1. The van der Waals surface area contributed by atoms with E-state index in [1.807, 2.05) is 32.9 Å². The molecule has 1 aromatic carbocycles. The lowest BCUT2D eigenvalue weighted by molar-refractivity contribution is 0.123. The van der Waals surface area contributed by atoms with E-state index in [0.29, 0.717) is 11.5 Å². The second kappa shape index (κ2) is 5.21. The van der Waals surface area contributed by atoms with Crippen LogP contribution in [0.3, 0.4) is 0 Å². The Hall–Kier alpha value is -1.22. The molecule has 0 aliphatic carbocycles. The summed E-state index contributed by atoms with van der Waals surface area (Å²) in [5.41, 5.74) is 1.83. The molecule has 0 aromatic heterocycles. The van der Waals surface area contributed by atoms with E-state index in [1.54, 1.807) is 14.2 Å². The van der Waals surface area contributed by atoms with Crippen LogP contribution in [0.2, 0.25) is 0 Å². The number of hydrogen-bond acceptors (Lipinski definition) is 3. The molecule has 3 nitrogen and oxygen atoms in total. The molecule has 0 saturated carbocycles. The molecule has 90 valence electrons. The monoisotopic (exact) mass is 224 g/mol. The maximum absolute atomic E-state index is 10.1. The molecule has 0 aliphatic rings. The van der Waals surface area contributed by atoms with Gasteiger partial charge in [-0.15, -0.1) is 0 Å². The third-order valence-electron chi connectivity index (χ3n) is 2.60.